The molecule has 15 nitrogen and oxygen atoms in total. The molecule has 72 heavy (non-hydrogen) atoms. The Morgan fingerprint density at radius 3 is 1.56 bits per heavy atom. The van der Waals surface area contributed by atoms with Gasteiger partial charge in [-0.2, -0.15) is 17.6 Å². The van der Waals surface area contributed by atoms with Crippen LogP contribution in [0.3, 0.4) is 0 Å². The van der Waals surface area contributed by atoms with Gasteiger partial charge in [0.05, 0.1) is 24.4 Å². The average molecular weight is 1070 g/mol. The van der Waals surface area contributed by atoms with Gasteiger partial charge in [-0.15, -0.1) is 0 Å². The summed E-state index contributed by atoms with van der Waals surface area (Å²) >= 11 is 11.6. The van der Waals surface area contributed by atoms with Crippen molar-refractivity contribution in [1.29, 1.82) is 0 Å². The minimum Gasteiger partial charge on any atom is -1.00 e. The number of hydrogen-bond donors (Lipinski definition) is 5. The molecule has 2 aliphatic rings. The quantitative estimate of drug-likeness (QED) is 0.0496. The molecule has 0 saturated carbocycles. The molecule has 0 radical (unpaired) electrons. The second-order valence-corrected chi connectivity index (χ2v) is 18.8. The molecule has 6 N–H and O–H groups in total. The number of furan rings is 2. The summed E-state index contributed by atoms with van der Waals surface area (Å²) in [4.78, 5) is 35.8. The number of likely N-dealkylation sites (tertiary alicyclic amines) is 2. The van der Waals surface area contributed by atoms with E-state index in [2.05, 4.69) is 20.2 Å². The summed E-state index contributed by atoms with van der Waals surface area (Å²) in [6, 6.07) is 16.4. The number of aromatic nitrogens is 2. The number of carboxylic acids is 1. The van der Waals surface area contributed by atoms with Gasteiger partial charge in [0.1, 0.15) is 17.3 Å². The molecule has 0 bridgehead atoms. The smallest absolute Gasteiger partial charge is 1.00 e. The van der Waals surface area contributed by atoms with Crippen molar-refractivity contribution in [3.8, 4) is 11.8 Å². The van der Waals surface area contributed by atoms with Gasteiger partial charge in [-0.25, -0.2) is 14.8 Å². The van der Waals surface area contributed by atoms with E-state index in [0.29, 0.717) is 38.1 Å². The number of alkyl halides is 4. The van der Waals surface area contributed by atoms with Gasteiger partial charge in [0.2, 0.25) is 11.8 Å². The first-order valence-electron chi connectivity index (χ1n) is 23.1. The summed E-state index contributed by atoms with van der Waals surface area (Å²) in [5.41, 5.74) is 7.58. The maximum absolute atomic E-state index is 15.1. The third kappa shape index (κ3) is 16.1. The van der Waals surface area contributed by atoms with Crippen LogP contribution in [0.4, 0.5) is 17.6 Å². The number of carboxylic acid groups (broad SMARTS) is 1. The first-order valence-corrected chi connectivity index (χ1v) is 23.9. The van der Waals surface area contributed by atoms with E-state index in [0.717, 1.165) is 63.3 Å². The summed E-state index contributed by atoms with van der Waals surface area (Å²) in [6.45, 7) is 12.3. The van der Waals surface area contributed by atoms with Crippen LogP contribution in [0.1, 0.15) is 89.7 Å². The number of benzene rings is 2. The second-order valence-electron chi connectivity index (χ2n) is 17.9. The Bertz CT molecular complexity index is 2690. The van der Waals surface area contributed by atoms with Gasteiger partial charge in [-0.1, -0.05) is 23.2 Å². The number of nitrogens with zero attached hydrogens (tertiary/aromatic N) is 4. The molecule has 1 amide bonds. The maximum atomic E-state index is 15.1. The molecule has 2 saturated heterocycles. The van der Waals surface area contributed by atoms with Crippen molar-refractivity contribution >= 4 is 57.0 Å². The molecule has 4 aromatic heterocycles. The molecule has 0 aliphatic carbocycles. The molecule has 2 aliphatic heterocycles. The fourth-order valence-corrected chi connectivity index (χ4v) is 8.24. The van der Waals surface area contributed by atoms with Crippen LogP contribution in [-0.2, 0) is 21.4 Å². The van der Waals surface area contributed by atoms with E-state index < -0.39 is 53.5 Å². The molecule has 1 unspecified atom stereocenters. The Kier molecular flexibility index (Phi) is 21.7. The minimum absolute atomic E-state index is 0. The SMILES string of the molecule is CC(C)Oc1ccc(C(O)[C@H](N)CN2CCCC2)cn1.CC(C)Oc1ccc([C@@H](O)[C@@H](CN2CCCC2)NC(=O)C(F)(F)c2cc3cc(Cl)ccc3o2)cn1.O=C(O)C(F)(F)c1cc2cc(Cl)ccc2o1.[H-].[K+]. The third-order valence-electron chi connectivity index (χ3n) is 11.5. The summed E-state index contributed by atoms with van der Waals surface area (Å²) in [5.74, 6) is -12.5. The van der Waals surface area contributed by atoms with E-state index in [9.17, 15) is 28.6 Å². The Morgan fingerprint density at radius 2 is 1.14 bits per heavy atom. The summed E-state index contributed by atoms with van der Waals surface area (Å²) in [7, 11) is 0. The van der Waals surface area contributed by atoms with Crippen LogP contribution in [0, 0.1) is 0 Å². The topological polar surface area (TPSA) is 210 Å². The second kappa shape index (κ2) is 26.5. The van der Waals surface area contributed by atoms with Crippen molar-refractivity contribution in [3.63, 3.8) is 0 Å². The summed E-state index contributed by atoms with van der Waals surface area (Å²) in [6.07, 6.45) is 5.54. The Hall–Kier alpha value is -3.90. The number of fused-ring (bicyclic) bond motifs is 2. The Balaban J connectivity index is 0.000000258. The molecule has 386 valence electrons. The number of ether oxygens (including phenoxy) is 2. The summed E-state index contributed by atoms with van der Waals surface area (Å²) in [5, 5.41) is 33.5. The van der Waals surface area contributed by atoms with Crippen molar-refractivity contribution < 1.29 is 114 Å². The number of nitrogens with one attached hydrogen (secondary N) is 1. The fourth-order valence-electron chi connectivity index (χ4n) is 7.88. The number of carbonyl (C=O) groups is 2. The van der Waals surface area contributed by atoms with Gasteiger partial charge in [-0.3, -0.25) is 4.79 Å². The number of halogens is 6. The first-order chi connectivity index (χ1) is 33.6. The van der Waals surface area contributed by atoms with Gasteiger partial charge in [0, 0.05) is 75.6 Å². The van der Waals surface area contributed by atoms with Crippen molar-refractivity contribution in [2.75, 3.05) is 39.3 Å². The zero-order chi connectivity index (χ0) is 51.6. The van der Waals surface area contributed by atoms with Gasteiger partial charge in [0.15, 0.2) is 11.5 Å². The standard InChI is InChI=1S/C25H28ClF2N3O4.C15H25N3O2.C10H5ClF2O3.K.H/c1-15(2)34-22-8-5-16(13-29-22)23(32)19(14-31-9-3-4-10-31)30-24(33)25(27,28)21-12-17-11-18(26)6-7-20(17)35-21;1-11(2)20-14-6-5-12(9-17-14)15(19)13(16)10-18-7-3-4-8-18;11-6-1-2-7-5(3-6)4-8(16-7)10(12,13)9(14)15;;/h5-8,11-13,15,19,23,32H,3-4,9-10,14H2,1-2H3,(H,30,33);5-6,9,11,13,15,19H,3-4,7-8,10,16H2,1-2H3;1-4H,(H,14,15);;/q;;;+1;-1/t19-,23-;13-,15?;;;/m11.../s1. The third-order valence-corrected chi connectivity index (χ3v) is 11.9. The molecular weight excluding hydrogens is 1010 g/mol. The molecule has 0 spiro atoms. The summed E-state index contributed by atoms with van der Waals surface area (Å²) < 4.78 is 77.5. The number of nitrogens with two attached hydrogens (primary N) is 1. The van der Waals surface area contributed by atoms with Crippen LogP contribution in [-0.4, -0.2) is 111 Å². The molecule has 6 heterocycles. The van der Waals surface area contributed by atoms with Crippen LogP contribution in [0.15, 0.2) is 94.0 Å². The molecule has 8 rings (SSSR count). The van der Waals surface area contributed by atoms with Gasteiger partial charge >= 0.3 is 69.2 Å². The maximum Gasteiger partial charge on any atom is 1.00 e. The fraction of sp³-hybridized carbons (Fsp3) is 0.440. The first kappa shape index (κ1) is 59.0. The van der Waals surface area contributed by atoms with E-state index in [-0.39, 0.29) is 88.8 Å². The number of rotatable bonds is 17. The predicted octanol–water partition coefficient (Wildman–Crippen LogP) is 6.38. The zero-order valence-electron chi connectivity index (χ0n) is 41.5. The van der Waals surface area contributed by atoms with Gasteiger partial charge in [0.25, 0.3) is 5.91 Å². The number of hydrogen-bond acceptors (Lipinski definition) is 13. The largest absolute Gasteiger partial charge is 1.00 e. The number of aliphatic hydroxyl groups is 2. The Morgan fingerprint density at radius 1 is 0.708 bits per heavy atom. The van der Waals surface area contributed by atoms with E-state index in [1.54, 1.807) is 24.4 Å². The molecule has 6 aromatic rings. The average Bonchev–Trinajstić information content (AvgIpc) is 4.17. The molecular formula is C50H59Cl2F4KN6O9. The van der Waals surface area contributed by atoms with E-state index in [1.165, 1.54) is 55.4 Å². The van der Waals surface area contributed by atoms with E-state index >= 15 is 8.78 Å². The number of amides is 1. The normalized spacial score (nSPS) is 16.0. The van der Waals surface area contributed by atoms with E-state index in [4.69, 9.17) is 52.4 Å². The monoisotopic (exact) mass is 1070 g/mol. The number of carbonyl (C=O) groups excluding carboxylic acids is 1. The van der Waals surface area contributed by atoms with Crippen molar-refractivity contribution in [3.05, 3.63) is 118 Å². The van der Waals surface area contributed by atoms with Crippen LogP contribution < -0.4 is 71.9 Å². The van der Waals surface area contributed by atoms with Crippen molar-refractivity contribution in [1.82, 2.24) is 25.1 Å². The van der Waals surface area contributed by atoms with Crippen LogP contribution in [0.5, 0.6) is 11.8 Å². The van der Waals surface area contributed by atoms with Crippen molar-refractivity contribution in [2.45, 2.75) is 102 Å². The van der Waals surface area contributed by atoms with Gasteiger partial charge in [-0.05, 0) is 140 Å². The van der Waals surface area contributed by atoms with Crippen LogP contribution >= 0.6 is 23.2 Å². The number of aliphatic hydroxyl groups excluding tert-OH is 2. The molecule has 22 heteroatoms. The van der Waals surface area contributed by atoms with Crippen LogP contribution in [0.2, 0.25) is 10.0 Å². The van der Waals surface area contributed by atoms with Crippen LogP contribution in [0.25, 0.3) is 21.9 Å². The van der Waals surface area contributed by atoms with Crippen molar-refractivity contribution in [2.24, 2.45) is 5.73 Å². The predicted molar refractivity (Wildman–Crippen MR) is 260 cm³/mol. The number of pyridine rings is 2. The Labute approximate surface area is 468 Å². The molecule has 4 atom stereocenters. The molecule has 2 aromatic carbocycles. The van der Waals surface area contributed by atoms with Gasteiger partial charge < -0.3 is 55.9 Å². The number of aliphatic carboxylic acids is 1. The minimum atomic E-state index is -4.04. The van der Waals surface area contributed by atoms with E-state index in [1.807, 2.05) is 38.7 Å². The zero-order valence-corrected chi connectivity index (χ0v) is 45.2. The molecule has 2 fully saturated rings.